The van der Waals surface area contributed by atoms with E-state index in [-0.39, 0.29) is 56.9 Å². The molecule has 11 heteroatoms. The molecule has 4 atom stereocenters. The Morgan fingerprint density at radius 3 is 2.66 bits per heavy atom. The standard InChI is InChI=1S/C36H37F2N5O4.C3H8/c1-4-24-26(37)9-8-21-14-22(44)15-25(28(21)24)31-30(38)32-29(34(39-31)45-3)33(43-16-20-13-23(17-43)46-18-20)41-35(40-32)47-19-36-10-5-7-27(36)42(2)12-6-11-36;1-3-2/h1,8-9,14-15,20,23,27,44H,5-7,10-13,16-19H2,2-3H3;3H2,1-2H3. The summed E-state index contributed by atoms with van der Waals surface area (Å²) in [5, 5.41) is 11.6. The number of pyridine rings is 1. The topological polar surface area (TPSA) is 93.1 Å². The number of phenols is 1. The third kappa shape index (κ3) is 5.96. The fraction of sp³-hybridized carbons (Fsp3) is 0.513. The summed E-state index contributed by atoms with van der Waals surface area (Å²) in [6.45, 7) is 7.66. The third-order valence-corrected chi connectivity index (χ3v) is 10.8. The highest BCUT2D eigenvalue weighted by Crippen LogP contribution is 2.48. The van der Waals surface area contributed by atoms with E-state index in [0.717, 1.165) is 45.1 Å². The van der Waals surface area contributed by atoms with Gasteiger partial charge in [-0.2, -0.15) is 9.97 Å². The molecule has 0 spiro atoms. The lowest BCUT2D eigenvalue weighted by Gasteiger charge is -2.44. The normalized spacial score (nSPS) is 24.5. The van der Waals surface area contributed by atoms with Crippen LogP contribution < -0.4 is 14.4 Å². The molecule has 4 aliphatic rings. The Bertz CT molecular complexity index is 1960. The van der Waals surface area contributed by atoms with Crippen molar-refractivity contribution in [2.45, 2.75) is 70.9 Å². The molecule has 4 aromatic rings. The molecule has 1 saturated carbocycles. The van der Waals surface area contributed by atoms with E-state index >= 15 is 4.39 Å². The highest BCUT2D eigenvalue weighted by molar-refractivity contribution is 6.04. The molecular formula is C39H45F2N5O4. The highest BCUT2D eigenvalue weighted by atomic mass is 19.1. The van der Waals surface area contributed by atoms with Crippen LogP contribution in [0.1, 0.15) is 64.4 Å². The van der Waals surface area contributed by atoms with E-state index in [1.807, 2.05) is 0 Å². The molecule has 0 radical (unpaired) electrons. The molecule has 3 saturated heterocycles. The van der Waals surface area contributed by atoms with Crippen molar-refractivity contribution in [3.63, 3.8) is 0 Å². The molecule has 0 amide bonds. The Morgan fingerprint density at radius 2 is 1.90 bits per heavy atom. The second-order valence-electron chi connectivity index (χ2n) is 14.3. The molecular weight excluding hydrogens is 640 g/mol. The number of nitrogens with zero attached hydrogens (tertiary/aromatic N) is 5. The zero-order valence-electron chi connectivity index (χ0n) is 29.3. The van der Waals surface area contributed by atoms with Gasteiger partial charge in [-0.05, 0) is 69.3 Å². The number of benzene rings is 2. The molecule has 4 fully saturated rings. The van der Waals surface area contributed by atoms with E-state index in [1.54, 1.807) is 0 Å². The van der Waals surface area contributed by atoms with Crippen LogP contribution in [0.15, 0.2) is 24.3 Å². The van der Waals surface area contributed by atoms with Crippen LogP contribution in [0.4, 0.5) is 14.6 Å². The van der Waals surface area contributed by atoms with Crippen LogP contribution in [0.3, 0.4) is 0 Å². The van der Waals surface area contributed by atoms with Crippen LogP contribution in [-0.4, -0.2) is 84.1 Å². The number of ether oxygens (including phenoxy) is 3. The molecule has 264 valence electrons. The largest absolute Gasteiger partial charge is 0.508 e. The lowest BCUT2D eigenvalue weighted by atomic mass is 9.76. The molecule has 1 N–H and O–H groups in total. The van der Waals surface area contributed by atoms with Crippen molar-refractivity contribution in [1.82, 2.24) is 19.9 Å². The van der Waals surface area contributed by atoms with Crippen molar-refractivity contribution in [3.05, 3.63) is 41.5 Å². The SMILES string of the molecule is C#Cc1c(F)ccc2cc(O)cc(-c3nc(OC)c4c(N5CC6COC(C6)C5)nc(OCC56CCCC5N(C)CCC6)nc4c3F)c12.CCC. The number of rotatable bonds is 6. The number of phenolic OH excluding ortho intramolecular Hbond substituents is 1. The molecule has 2 bridgehead atoms. The van der Waals surface area contributed by atoms with E-state index in [4.69, 9.17) is 25.6 Å². The first kappa shape index (κ1) is 34.2. The summed E-state index contributed by atoms with van der Waals surface area (Å²) >= 11 is 0. The van der Waals surface area contributed by atoms with Crippen LogP contribution in [0, 0.1) is 35.3 Å². The van der Waals surface area contributed by atoms with Gasteiger partial charge in [0.25, 0.3) is 0 Å². The van der Waals surface area contributed by atoms with Gasteiger partial charge in [-0.25, -0.2) is 13.8 Å². The summed E-state index contributed by atoms with van der Waals surface area (Å²) in [4.78, 5) is 18.7. The molecule has 2 aromatic heterocycles. The second-order valence-corrected chi connectivity index (χ2v) is 14.3. The van der Waals surface area contributed by atoms with Gasteiger partial charge >= 0.3 is 6.01 Å². The second kappa shape index (κ2) is 13.8. The van der Waals surface area contributed by atoms with Gasteiger partial charge in [0.1, 0.15) is 34.0 Å². The molecule has 2 aromatic carbocycles. The molecule has 8 rings (SSSR count). The predicted octanol–water partition coefficient (Wildman–Crippen LogP) is 7.10. The van der Waals surface area contributed by atoms with E-state index in [0.29, 0.717) is 54.9 Å². The Labute approximate surface area is 292 Å². The zero-order valence-corrected chi connectivity index (χ0v) is 29.3. The molecule has 50 heavy (non-hydrogen) atoms. The van der Waals surface area contributed by atoms with Crippen molar-refractivity contribution in [1.29, 1.82) is 0 Å². The summed E-state index contributed by atoms with van der Waals surface area (Å²) in [5.41, 5.74) is -0.174. The van der Waals surface area contributed by atoms with Crippen molar-refractivity contribution in [2.75, 3.05) is 51.9 Å². The number of terminal acetylenes is 1. The molecule has 5 heterocycles. The number of likely N-dealkylation sites (tertiary alicyclic amines) is 1. The monoisotopic (exact) mass is 685 g/mol. The molecule has 1 aliphatic carbocycles. The highest BCUT2D eigenvalue weighted by Gasteiger charge is 2.47. The summed E-state index contributed by atoms with van der Waals surface area (Å²) in [6.07, 6.45) is 13.5. The number of aromatic nitrogens is 3. The lowest BCUT2D eigenvalue weighted by molar-refractivity contribution is 0.0133. The van der Waals surface area contributed by atoms with Crippen molar-refractivity contribution < 1.29 is 28.1 Å². The Morgan fingerprint density at radius 1 is 1.10 bits per heavy atom. The summed E-state index contributed by atoms with van der Waals surface area (Å²) in [7, 11) is 3.63. The van der Waals surface area contributed by atoms with Crippen LogP contribution in [0.2, 0.25) is 0 Å². The summed E-state index contributed by atoms with van der Waals surface area (Å²) in [5.74, 6) is 1.70. The first-order valence-electron chi connectivity index (χ1n) is 17.8. The zero-order chi connectivity index (χ0) is 35.2. The van der Waals surface area contributed by atoms with Gasteiger partial charge in [-0.3, -0.25) is 0 Å². The van der Waals surface area contributed by atoms with Crippen LogP contribution >= 0.6 is 0 Å². The van der Waals surface area contributed by atoms with Crippen molar-refractivity contribution >= 4 is 27.5 Å². The Hall–Kier alpha value is -4.27. The number of aromatic hydroxyl groups is 1. The maximum atomic E-state index is 17.1. The quantitative estimate of drug-likeness (QED) is 0.213. The molecule has 3 aliphatic heterocycles. The van der Waals surface area contributed by atoms with Gasteiger partial charge in [0.2, 0.25) is 5.88 Å². The van der Waals surface area contributed by atoms with Gasteiger partial charge in [-0.1, -0.05) is 38.7 Å². The minimum Gasteiger partial charge on any atom is -0.508 e. The van der Waals surface area contributed by atoms with Crippen LogP contribution in [0.5, 0.6) is 17.6 Å². The predicted molar refractivity (Wildman–Crippen MR) is 190 cm³/mol. The molecule has 9 nitrogen and oxygen atoms in total. The van der Waals surface area contributed by atoms with Crippen molar-refractivity contribution in [2.24, 2.45) is 11.3 Å². The van der Waals surface area contributed by atoms with Crippen LogP contribution in [-0.2, 0) is 4.74 Å². The minimum atomic E-state index is -0.779. The first-order valence-corrected chi connectivity index (χ1v) is 17.8. The lowest BCUT2D eigenvalue weighted by Crippen LogP contribution is -2.50. The number of fused-ring (bicyclic) bond motifs is 5. The number of methoxy groups -OCH3 is 1. The van der Waals surface area contributed by atoms with Crippen LogP contribution in [0.25, 0.3) is 32.9 Å². The van der Waals surface area contributed by atoms with Gasteiger partial charge in [-0.15, -0.1) is 6.42 Å². The summed E-state index contributed by atoms with van der Waals surface area (Å²) < 4.78 is 50.3. The van der Waals surface area contributed by atoms with E-state index in [1.165, 1.54) is 37.8 Å². The Balaban J connectivity index is 0.00000126. The third-order valence-electron chi connectivity index (χ3n) is 10.8. The number of piperidine rings is 2. The number of anilines is 1. The first-order chi connectivity index (χ1) is 24.2. The smallest absolute Gasteiger partial charge is 0.319 e. The van der Waals surface area contributed by atoms with E-state index in [9.17, 15) is 9.50 Å². The van der Waals surface area contributed by atoms with Gasteiger partial charge in [0.05, 0.1) is 32.0 Å². The Kier molecular flexibility index (Phi) is 9.44. The van der Waals surface area contributed by atoms with Gasteiger partial charge < -0.3 is 29.1 Å². The van der Waals surface area contributed by atoms with E-state index < -0.39 is 11.6 Å². The minimum absolute atomic E-state index is 0.0145. The van der Waals surface area contributed by atoms with Gasteiger partial charge in [0.15, 0.2) is 5.82 Å². The summed E-state index contributed by atoms with van der Waals surface area (Å²) in [6, 6.07) is 5.99. The van der Waals surface area contributed by atoms with E-state index in [2.05, 4.69) is 46.6 Å². The number of halogens is 2. The number of hydrogen-bond acceptors (Lipinski definition) is 9. The fourth-order valence-electron chi connectivity index (χ4n) is 8.70. The number of hydrogen-bond donors (Lipinski definition) is 1. The fourth-order valence-corrected chi connectivity index (χ4v) is 8.70. The maximum Gasteiger partial charge on any atom is 0.319 e. The van der Waals surface area contributed by atoms with Gasteiger partial charge in [0, 0.05) is 41.4 Å². The maximum absolute atomic E-state index is 17.1. The average molecular weight is 686 g/mol. The average Bonchev–Trinajstić information content (AvgIpc) is 3.70. The van der Waals surface area contributed by atoms with Crippen molar-refractivity contribution in [3.8, 4) is 41.2 Å². The molecule has 4 unspecified atom stereocenters.